The summed E-state index contributed by atoms with van der Waals surface area (Å²) in [5, 5.41) is 0. The molecular weight excluding hydrogens is 216 g/mol. The molecule has 0 aliphatic rings. The van der Waals surface area contributed by atoms with Crippen LogP contribution in [-0.4, -0.2) is 23.8 Å². The second-order valence-electron chi connectivity index (χ2n) is 6.10. The Kier molecular flexibility index (Phi) is 5.40. The van der Waals surface area contributed by atoms with Crippen molar-refractivity contribution in [3.05, 3.63) is 12.2 Å². The summed E-state index contributed by atoms with van der Waals surface area (Å²) in [5.41, 5.74) is -0.314. The summed E-state index contributed by atoms with van der Waals surface area (Å²) in [6.07, 6.45) is 0. The van der Waals surface area contributed by atoms with Crippen molar-refractivity contribution >= 4 is 5.97 Å². The van der Waals surface area contributed by atoms with E-state index in [9.17, 15) is 4.79 Å². The van der Waals surface area contributed by atoms with E-state index in [1.165, 1.54) is 0 Å². The number of rotatable bonds is 5. The Morgan fingerprint density at radius 3 is 2.06 bits per heavy atom. The van der Waals surface area contributed by atoms with Crippen molar-refractivity contribution in [2.24, 2.45) is 5.92 Å². The van der Waals surface area contributed by atoms with Gasteiger partial charge in [-0.1, -0.05) is 13.5 Å². The quantitative estimate of drug-likeness (QED) is 0.548. The topological polar surface area (TPSA) is 35.5 Å². The summed E-state index contributed by atoms with van der Waals surface area (Å²) >= 11 is 0. The predicted molar refractivity (Wildman–Crippen MR) is 69.9 cm³/mol. The summed E-state index contributed by atoms with van der Waals surface area (Å²) < 4.78 is 11.1. The molecule has 0 fully saturated rings. The lowest BCUT2D eigenvalue weighted by atomic mass is 9.93. The Morgan fingerprint density at radius 1 is 1.24 bits per heavy atom. The van der Waals surface area contributed by atoms with Crippen LogP contribution in [0.25, 0.3) is 0 Å². The highest BCUT2D eigenvalue weighted by molar-refractivity contribution is 5.87. The van der Waals surface area contributed by atoms with Crippen LogP contribution in [0.15, 0.2) is 12.2 Å². The molecule has 0 bridgehead atoms. The van der Waals surface area contributed by atoms with Crippen molar-refractivity contribution in [3.8, 4) is 0 Å². The highest BCUT2D eigenvalue weighted by Gasteiger charge is 2.31. The van der Waals surface area contributed by atoms with Gasteiger partial charge in [-0.15, -0.1) is 0 Å². The number of hydrogen-bond acceptors (Lipinski definition) is 3. The standard InChI is InChI=1S/C14H26O3/c1-10(2)12(15)17-14(7,8)11(3)9-16-13(4,5)6/h11H,1,9H2,2-8H3. The average Bonchev–Trinajstić information content (AvgIpc) is 2.11. The zero-order chi connectivity index (χ0) is 13.9. The van der Waals surface area contributed by atoms with Crippen molar-refractivity contribution in [2.45, 2.75) is 59.7 Å². The molecule has 1 unspecified atom stereocenters. The number of esters is 1. The minimum Gasteiger partial charge on any atom is -0.456 e. The molecule has 0 N–H and O–H groups in total. The molecule has 0 saturated carbocycles. The van der Waals surface area contributed by atoms with Gasteiger partial charge in [0.1, 0.15) is 5.60 Å². The molecule has 17 heavy (non-hydrogen) atoms. The molecule has 0 saturated heterocycles. The largest absolute Gasteiger partial charge is 0.456 e. The van der Waals surface area contributed by atoms with E-state index in [1.807, 2.05) is 41.5 Å². The summed E-state index contributed by atoms with van der Waals surface area (Å²) in [5.74, 6) is -0.234. The van der Waals surface area contributed by atoms with Gasteiger partial charge in [0.25, 0.3) is 0 Å². The minimum atomic E-state index is -0.554. The lowest BCUT2D eigenvalue weighted by Crippen LogP contribution is -2.39. The Bertz CT molecular complexity index is 284. The Labute approximate surface area is 105 Å². The van der Waals surface area contributed by atoms with Gasteiger partial charge in [-0.3, -0.25) is 0 Å². The molecule has 3 heteroatoms. The summed E-state index contributed by atoms with van der Waals surface area (Å²) in [6.45, 7) is 17.6. The number of ether oxygens (including phenoxy) is 2. The summed E-state index contributed by atoms with van der Waals surface area (Å²) in [6, 6.07) is 0. The van der Waals surface area contributed by atoms with Gasteiger partial charge >= 0.3 is 5.97 Å². The SMILES string of the molecule is C=C(C)C(=O)OC(C)(C)C(C)COC(C)(C)C. The first kappa shape index (κ1) is 16.2. The van der Waals surface area contributed by atoms with Gasteiger partial charge < -0.3 is 9.47 Å². The normalized spacial score (nSPS) is 14.3. The number of carbonyl (C=O) groups is 1. The lowest BCUT2D eigenvalue weighted by Gasteiger charge is -2.33. The van der Waals surface area contributed by atoms with E-state index in [-0.39, 0.29) is 17.5 Å². The minimum absolute atomic E-state index is 0.116. The van der Waals surface area contributed by atoms with Crippen LogP contribution >= 0.6 is 0 Å². The molecular formula is C14H26O3. The van der Waals surface area contributed by atoms with Crippen LogP contribution in [-0.2, 0) is 14.3 Å². The van der Waals surface area contributed by atoms with Crippen LogP contribution in [0, 0.1) is 5.92 Å². The van der Waals surface area contributed by atoms with Crippen LogP contribution in [0.4, 0.5) is 0 Å². The van der Waals surface area contributed by atoms with Gasteiger partial charge in [-0.2, -0.15) is 0 Å². The molecule has 0 spiro atoms. The molecule has 0 heterocycles. The van der Waals surface area contributed by atoms with E-state index in [0.717, 1.165) is 0 Å². The molecule has 0 rings (SSSR count). The van der Waals surface area contributed by atoms with Crippen molar-refractivity contribution in [1.82, 2.24) is 0 Å². The molecule has 0 aromatic rings. The molecule has 0 radical (unpaired) electrons. The van der Waals surface area contributed by atoms with Gasteiger partial charge in [-0.05, 0) is 41.5 Å². The van der Waals surface area contributed by atoms with Crippen molar-refractivity contribution in [3.63, 3.8) is 0 Å². The van der Waals surface area contributed by atoms with E-state index in [1.54, 1.807) is 6.92 Å². The van der Waals surface area contributed by atoms with E-state index in [4.69, 9.17) is 9.47 Å². The first-order valence-corrected chi connectivity index (χ1v) is 5.98. The Hall–Kier alpha value is -0.830. The molecule has 3 nitrogen and oxygen atoms in total. The fourth-order valence-corrected chi connectivity index (χ4v) is 1.00. The Morgan fingerprint density at radius 2 is 1.71 bits per heavy atom. The maximum atomic E-state index is 11.5. The molecule has 100 valence electrons. The third-order valence-corrected chi connectivity index (χ3v) is 2.66. The maximum Gasteiger partial charge on any atom is 0.333 e. The van der Waals surface area contributed by atoms with Crippen LogP contribution < -0.4 is 0 Å². The third kappa shape index (κ3) is 6.47. The summed E-state index contributed by atoms with van der Waals surface area (Å²) in [4.78, 5) is 11.5. The van der Waals surface area contributed by atoms with Crippen LogP contribution in [0.5, 0.6) is 0 Å². The fourth-order valence-electron chi connectivity index (χ4n) is 1.00. The fraction of sp³-hybridized carbons (Fsp3) is 0.786. The Balaban J connectivity index is 4.39. The lowest BCUT2D eigenvalue weighted by molar-refractivity contribution is -0.160. The smallest absolute Gasteiger partial charge is 0.333 e. The first-order valence-electron chi connectivity index (χ1n) is 5.98. The van der Waals surface area contributed by atoms with Gasteiger partial charge in [0, 0.05) is 11.5 Å². The van der Waals surface area contributed by atoms with Crippen LogP contribution in [0.2, 0.25) is 0 Å². The third-order valence-electron chi connectivity index (χ3n) is 2.66. The zero-order valence-electron chi connectivity index (χ0n) is 12.2. The zero-order valence-corrected chi connectivity index (χ0v) is 12.2. The average molecular weight is 242 g/mol. The first-order chi connectivity index (χ1) is 7.46. The monoisotopic (exact) mass is 242 g/mol. The van der Waals surface area contributed by atoms with Crippen LogP contribution in [0.1, 0.15) is 48.5 Å². The number of carbonyl (C=O) groups excluding carboxylic acids is 1. The molecule has 0 aliphatic carbocycles. The van der Waals surface area contributed by atoms with Gasteiger partial charge in [0.2, 0.25) is 0 Å². The summed E-state index contributed by atoms with van der Waals surface area (Å²) in [7, 11) is 0. The molecule has 0 aromatic heterocycles. The number of hydrogen-bond donors (Lipinski definition) is 0. The van der Waals surface area contributed by atoms with E-state index >= 15 is 0 Å². The van der Waals surface area contributed by atoms with E-state index in [2.05, 4.69) is 6.58 Å². The highest BCUT2D eigenvalue weighted by atomic mass is 16.6. The predicted octanol–water partition coefficient (Wildman–Crippen LogP) is 3.34. The highest BCUT2D eigenvalue weighted by Crippen LogP contribution is 2.24. The van der Waals surface area contributed by atoms with E-state index < -0.39 is 5.60 Å². The van der Waals surface area contributed by atoms with Crippen molar-refractivity contribution in [2.75, 3.05) is 6.61 Å². The molecule has 0 aliphatic heterocycles. The van der Waals surface area contributed by atoms with Crippen molar-refractivity contribution in [1.29, 1.82) is 0 Å². The van der Waals surface area contributed by atoms with E-state index in [0.29, 0.717) is 12.2 Å². The molecule has 0 aromatic carbocycles. The maximum absolute atomic E-state index is 11.5. The van der Waals surface area contributed by atoms with Crippen LogP contribution in [0.3, 0.4) is 0 Å². The second kappa shape index (κ2) is 5.67. The van der Waals surface area contributed by atoms with Gasteiger partial charge in [0.15, 0.2) is 0 Å². The second-order valence-corrected chi connectivity index (χ2v) is 6.10. The van der Waals surface area contributed by atoms with Crippen molar-refractivity contribution < 1.29 is 14.3 Å². The van der Waals surface area contributed by atoms with Gasteiger partial charge in [0.05, 0.1) is 12.2 Å². The molecule has 1 atom stereocenters. The van der Waals surface area contributed by atoms with Gasteiger partial charge in [-0.25, -0.2) is 4.79 Å². The molecule has 0 amide bonds.